The molecule has 1 fully saturated rings. The van der Waals surface area contributed by atoms with E-state index in [1.54, 1.807) is 18.2 Å². The van der Waals surface area contributed by atoms with Gasteiger partial charge in [0.25, 0.3) is 0 Å². The maximum Gasteiger partial charge on any atom is 0.198 e. The molecule has 2 unspecified atom stereocenters. The molecule has 1 aliphatic carbocycles. The lowest BCUT2D eigenvalue weighted by atomic mass is 9.99. The summed E-state index contributed by atoms with van der Waals surface area (Å²) < 4.78 is 5.78. The highest BCUT2D eigenvalue weighted by atomic mass is 16.4. The van der Waals surface area contributed by atoms with Gasteiger partial charge in [-0.1, -0.05) is 80.5 Å². The molecule has 0 aliphatic heterocycles. The zero-order chi connectivity index (χ0) is 21.0. The summed E-state index contributed by atoms with van der Waals surface area (Å²) in [6, 6.07) is 0. The lowest BCUT2D eigenvalue weighted by Crippen LogP contribution is -1.98. The van der Waals surface area contributed by atoms with Crippen LogP contribution < -0.4 is 0 Å². The summed E-state index contributed by atoms with van der Waals surface area (Å²) in [6.07, 6.45) is 11.5. The Kier molecular flexibility index (Phi) is 24.1. The summed E-state index contributed by atoms with van der Waals surface area (Å²) in [4.78, 5) is 4.53. The van der Waals surface area contributed by atoms with Gasteiger partial charge in [0.2, 0.25) is 0 Å². The van der Waals surface area contributed by atoms with Crippen LogP contribution in [0.1, 0.15) is 111 Å². The van der Waals surface area contributed by atoms with E-state index < -0.39 is 0 Å². The van der Waals surface area contributed by atoms with Crippen molar-refractivity contribution in [2.45, 2.75) is 93.4 Å². The van der Waals surface area contributed by atoms with E-state index in [-0.39, 0.29) is 0 Å². The van der Waals surface area contributed by atoms with E-state index in [1.807, 2.05) is 48.5 Å². The van der Waals surface area contributed by atoms with Crippen LogP contribution in [0.25, 0.3) is 12.2 Å². The number of hydrogen-bond acceptors (Lipinski definition) is 2. The van der Waals surface area contributed by atoms with E-state index >= 15 is 0 Å². The van der Waals surface area contributed by atoms with Gasteiger partial charge in [0.1, 0.15) is 5.69 Å². The highest BCUT2D eigenvalue weighted by Crippen LogP contribution is 2.34. The molecule has 0 saturated heterocycles. The number of rotatable bonds is 3. The van der Waals surface area contributed by atoms with Crippen molar-refractivity contribution in [3.63, 3.8) is 0 Å². The van der Waals surface area contributed by atoms with E-state index in [0.29, 0.717) is 5.92 Å². The molecule has 2 rings (SSSR count). The van der Waals surface area contributed by atoms with Gasteiger partial charge in [-0.15, -0.1) is 6.58 Å². The minimum absolute atomic E-state index is 0.479. The van der Waals surface area contributed by atoms with Gasteiger partial charge in [0.15, 0.2) is 11.7 Å². The topological polar surface area (TPSA) is 26.0 Å². The number of nitrogens with zero attached hydrogens (tertiary/aromatic N) is 1. The molecule has 152 valence electrons. The predicted molar refractivity (Wildman–Crippen MR) is 122 cm³/mol. The average molecular weight is 364 g/mol. The van der Waals surface area contributed by atoms with Crippen LogP contribution in [0.15, 0.2) is 30.2 Å². The summed E-state index contributed by atoms with van der Waals surface area (Å²) in [6.45, 7) is 27.1. The first-order valence-electron chi connectivity index (χ1n) is 10.5. The summed E-state index contributed by atoms with van der Waals surface area (Å²) in [5.41, 5.74) is 0.826. The van der Waals surface area contributed by atoms with Gasteiger partial charge >= 0.3 is 0 Å². The zero-order valence-electron chi connectivity index (χ0n) is 18.9. The number of aromatic nitrogens is 1. The monoisotopic (exact) mass is 363 g/mol. The van der Waals surface area contributed by atoms with Crippen LogP contribution in [0, 0.1) is 5.92 Å². The number of hydrogen-bond donors (Lipinski definition) is 0. The van der Waals surface area contributed by atoms with Crippen LogP contribution in [0.4, 0.5) is 0 Å². The first-order valence-corrected chi connectivity index (χ1v) is 10.5. The molecule has 1 aromatic heterocycles. The Morgan fingerprint density at radius 1 is 0.885 bits per heavy atom. The maximum absolute atomic E-state index is 5.78. The van der Waals surface area contributed by atoms with Crippen molar-refractivity contribution in [2.24, 2.45) is 5.92 Å². The molecule has 2 atom stereocenters. The minimum Gasteiger partial charge on any atom is -0.440 e. The predicted octanol–water partition coefficient (Wildman–Crippen LogP) is 8.92. The van der Waals surface area contributed by atoms with Crippen LogP contribution in [0.5, 0.6) is 0 Å². The van der Waals surface area contributed by atoms with Crippen molar-refractivity contribution < 1.29 is 4.42 Å². The van der Waals surface area contributed by atoms with Crippen molar-refractivity contribution in [1.29, 1.82) is 0 Å². The van der Waals surface area contributed by atoms with Crippen molar-refractivity contribution in [1.82, 2.24) is 4.98 Å². The van der Waals surface area contributed by atoms with Gasteiger partial charge in [0, 0.05) is 5.92 Å². The molecule has 0 aromatic carbocycles. The van der Waals surface area contributed by atoms with Crippen LogP contribution in [0.2, 0.25) is 0 Å². The summed E-state index contributed by atoms with van der Waals surface area (Å²) in [7, 11) is 0. The molecule has 2 nitrogen and oxygen atoms in total. The third-order valence-electron chi connectivity index (χ3n) is 3.68. The van der Waals surface area contributed by atoms with Crippen LogP contribution >= 0.6 is 0 Å². The normalized spacial score (nSPS) is 17.7. The van der Waals surface area contributed by atoms with Crippen molar-refractivity contribution in [3.8, 4) is 0 Å². The van der Waals surface area contributed by atoms with Crippen LogP contribution in [-0.4, -0.2) is 4.98 Å². The van der Waals surface area contributed by atoms with E-state index in [2.05, 4.69) is 31.6 Å². The second-order valence-corrected chi connectivity index (χ2v) is 5.43. The number of oxazole rings is 1. The summed E-state index contributed by atoms with van der Waals surface area (Å²) >= 11 is 0. The SMILES string of the molecule is C=CC.C=Cc1nc(C2CCCC(C)CC2)oc1C=C.CC.CC.CC. The lowest BCUT2D eigenvalue weighted by Gasteiger charge is -2.09. The molecule has 1 aromatic rings. The third kappa shape index (κ3) is 11.9. The Bertz CT molecular complexity index is 420. The molecule has 26 heavy (non-hydrogen) atoms. The minimum atomic E-state index is 0.479. The van der Waals surface area contributed by atoms with Crippen LogP contribution in [0.3, 0.4) is 0 Å². The lowest BCUT2D eigenvalue weighted by molar-refractivity contribution is 0.411. The second kappa shape index (κ2) is 21.5. The fourth-order valence-electron chi connectivity index (χ4n) is 2.56. The Balaban J connectivity index is -0.000000509. The molecule has 2 heteroatoms. The smallest absolute Gasteiger partial charge is 0.198 e. The molecule has 0 N–H and O–H groups in total. The van der Waals surface area contributed by atoms with Crippen molar-refractivity contribution in [3.05, 3.63) is 43.2 Å². The third-order valence-corrected chi connectivity index (χ3v) is 3.68. The molecular weight excluding hydrogens is 318 g/mol. The van der Waals surface area contributed by atoms with E-state index in [4.69, 9.17) is 4.42 Å². The molecule has 0 spiro atoms. The molecule has 1 aliphatic rings. The van der Waals surface area contributed by atoms with E-state index in [1.165, 1.54) is 32.1 Å². The molecular formula is C24H45NO. The Morgan fingerprint density at radius 3 is 1.85 bits per heavy atom. The Hall–Kier alpha value is -1.57. The van der Waals surface area contributed by atoms with Crippen molar-refractivity contribution in [2.75, 3.05) is 0 Å². The van der Waals surface area contributed by atoms with Gasteiger partial charge in [-0.05, 0) is 44.3 Å². The van der Waals surface area contributed by atoms with E-state index in [0.717, 1.165) is 23.3 Å². The second-order valence-electron chi connectivity index (χ2n) is 5.43. The fraction of sp³-hybridized carbons (Fsp3) is 0.625. The molecule has 1 saturated carbocycles. The first kappa shape index (κ1) is 29.2. The summed E-state index contributed by atoms with van der Waals surface area (Å²) in [5, 5.41) is 0. The van der Waals surface area contributed by atoms with Gasteiger partial charge < -0.3 is 4.42 Å². The highest BCUT2D eigenvalue weighted by molar-refractivity contribution is 5.55. The van der Waals surface area contributed by atoms with Gasteiger partial charge in [-0.2, -0.15) is 0 Å². The highest BCUT2D eigenvalue weighted by Gasteiger charge is 2.22. The molecule has 0 bridgehead atoms. The zero-order valence-corrected chi connectivity index (χ0v) is 18.9. The quantitative estimate of drug-likeness (QED) is 0.395. The van der Waals surface area contributed by atoms with Crippen molar-refractivity contribution >= 4 is 12.2 Å². The summed E-state index contributed by atoms with van der Waals surface area (Å²) in [5.74, 6) is 2.95. The first-order chi connectivity index (χ1) is 12.7. The van der Waals surface area contributed by atoms with E-state index in [9.17, 15) is 0 Å². The Morgan fingerprint density at radius 2 is 1.42 bits per heavy atom. The molecule has 1 heterocycles. The average Bonchev–Trinajstić information content (AvgIpc) is 3.01. The van der Waals surface area contributed by atoms with Gasteiger partial charge in [0.05, 0.1) is 0 Å². The van der Waals surface area contributed by atoms with Gasteiger partial charge in [-0.3, -0.25) is 0 Å². The molecule has 0 amide bonds. The Labute approximate surface area is 164 Å². The number of allylic oxidation sites excluding steroid dienone is 1. The van der Waals surface area contributed by atoms with Gasteiger partial charge in [-0.25, -0.2) is 4.98 Å². The van der Waals surface area contributed by atoms with Crippen LogP contribution in [-0.2, 0) is 0 Å². The maximum atomic E-state index is 5.78. The largest absolute Gasteiger partial charge is 0.440 e. The fourth-order valence-corrected chi connectivity index (χ4v) is 2.56. The molecule has 0 radical (unpaired) electrons. The standard InChI is InChI=1S/C15H21NO.C3H6.3C2H6/c1-4-13-14(5-2)17-15(16-13)12-8-6-7-11(3)9-10-12;1-3-2;3*1-2/h4-5,11-12H,1-2,6-10H2,3H3;3H,1H2,2H3;3*1-2H3.